The van der Waals surface area contributed by atoms with Gasteiger partial charge in [-0.25, -0.2) is 0 Å². The van der Waals surface area contributed by atoms with E-state index in [1.54, 1.807) is 12.1 Å². The number of hydrogen-bond donors (Lipinski definition) is 0. The molecule has 1 aliphatic carbocycles. The fraction of sp³-hybridized carbons (Fsp3) is 0.625. The van der Waals surface area contributed by atoms with Gasteiger partial charge in [0.1, 0.15) is 0 Å². The fourth-order valence-corrected chi connectivity index (χ4v) is 3.77. The van der Waals surface area contributed by atoms with E-state index >= 15 is 0 Å². The van der Waals surface area contributed by atoms with Crippen LogP contribution in [-0.4, -0.2) is 5.38 Å². The molecule has 0 N–H and O–H groups in total. The highest BCUT2D eigenvalue weighted by atomic mass is 35.5. The van der Waals surface area contributed by atoms with Crippen molar-refractivity contribution in [3.63, 3.8) is 0 Å². The number of hydrogen-bond acceptors (Lipinski definition) is 0. The van der Waals surface area contributed by atoms with E-state index in [0.717, 1.165) is 37.0 Å². The van der Waals surface area contributed by atoms with Crippen LogP contribution >= 0.6 is 11.6 Å². The Morgan fingerprint density at radius 2 is 1.70 bits per heavy atom. The van der Waals surface area contributed by atoms with Crippen molar-refractivity contribution in [3.8, 4) is 0 Å². The Morgan fingerprint density at radius 3 is 2.15 bits per heavy atom. The van der Waals surface area contributed by atoms with Crippen LogP contribution in [0.3, 0.4) is 0 Å². The van der Waals surface area contributed by atoms with Gasteiger partial charge in [0.05, 0.1) is 5.56 Å². The largest absolute Gasteiger partial charge is 0.416 e. The molecule has 1 fully saturated rings. The molecule has 2 rings (SSSR count). The van der Waals surface area contributed by atoms with E-state index in [0.29, 0.717) is 6.42 Å². The van der Waals surface area contributed by atoms with Gasteiger partial charge in [-0.05, 0) is 48.8 Å². The van der Waals surface area contributed by atoms with E-state index in [1.807, 2.05) is 0 Å². The molecule has 0 bridgehead atoms. The van der Waals surface area contributed by atoms with Crippen LogP contribution in [0, 0.1) is 5.41 Å². The second kappa shape index (κ2) is 5.97. The summed E-state index contributed by atoms with van der Waals surface area (Å²) in [7, 11) is 0. The third-order valence-corrected chi connectivity index (χ3v) is 5.28. The molecule has 0 spiro atoms. The van der Waals surface area contributed by atoms with Gasteiger partial charge in [0.2, 0.25) is 0 Å². The lowest BCUT2D eigenvalue weighted by atomic mass is 9.78. The lowest BCUT2D eigenvalue weighted by Crippen LogP contribution is -2.29. The summed E-state index contributed by atoms with van der Waals surface area (Å²) < 4.78 is 37.6. The summed E-state index contributed by atoms with van der Waals surface area (Å²) in [5.74, 6) is 0. The molecular weight excluding hydrogens is 285 g/mol. The maximum absolute atomic E-state index is 12.5. The molecule has 0 radical (unpaired) electrons. The first-order valence-electron chi connectivity index (χ1n) is 7.17. The molecule has 1 unspecified atom stereocenters. The van der Waals surface area contributed by atoms with Gasteiger partial charge >= 0.3 is 6.18 Å². The predicted molar refractivity (Wildman–Crippen MR) is 76.0 cm³/mol. The van der Waals surface area contributed by atoms with Crippen molar-refractivity contribution in [1.29, 1.82) is 0 Å². The maximum atomic E-state index is 12.5. The molecule has 0 heterocycles. The van der Waals surface area contributed by atoms with Crippen molar-refractivity contribution >= 4 is 11.6 Å². The smallest absolute Gasteiger partial charge is 0.166 e. The molecule has 0 aliphatic heterocycles. The number of halogens is 4. The highest BCUT2D eigenvalue weighted by molar-refractivity contribution is 6.21. The molecular formula is C16H20ClF3. The Hall–Kier alpha value is -0.700. The number of rotatable bonds is 4. The Balaban J connectivity index is 2.06. The molecule has 1 aromatic rings. The summed E-state index contributed by atoms with van der Waals surface area (Å²) in [5, 5.41) is 0.00624. The summed E-state index contributed by atoms with van der Waals surface area (Å²) in [6.07, 6.45) is 2.12. The fourth-order valence-electron chi connectivity index (χ4n) is 3.22. The zero-order valence-electron chi connectivity index (χ0n) is 11.6. The van der Waals surface area contributed by atoms with Crippen LogP contribution in [0.4, 0.5) is 13.2 Å². The maximum Gasteiger partial charge on any atom is 0.416 e. The minimum atomic E-state index is -4.27. The summed E-state index contributed by atoms with van der Waals surface area (Å²) in [6, 6.07) is 5.39. The topological polar surface area (TPSA) is 0 Å². The first-order chi connectivity index (χ1) is 9.37. The summed E-state index contributed by atoms with van der Waals surface area (Å²) >= 11 is 6.59. The standard InChI is InChI=1S/C16H20ClF3/c1-2-15(9-3-4-10-15)14(17)11-12-5-7-13(8-6-12)16(18,19)20/h5-8,14H,2-4,9-11H2,1H3. The SMILES string of the molecule is CCC1(C(Cl)Cc2ccc(C(F)(F)F)cc2)CCCC1. The zero-order chi connectivity index (χ0) is 14.8. The van der Waals surface area contributed by atoms with Gasteiger partial charge in [0, 0.05) is 5.38 Å². The van der Waals surface area contributed by atoms with Crippen LogP contribution in [0.1, 0.15) is 50.2 Å². The van der Waals surface area contributed by atoms with E-state index in [4.69, 9.17) is 11.6 Å². The first kappa shape index (κ1) is 15.7. The molecule has 0 saturated heterocycles. The van der Waals surface area contributed by atoms with E-state index in [2.05, 4.69) is 6.92 Å². The quantitative estimate of drug-likeness (QED) is 0.614. The average molecular weight is 305 g/mol. The van der Waals surface area contributed by atoms with Gasteiger partial charge in [-0.2, -0.15) is 13.2 Å². The average Bonchev–Trinajstić information content (AvgIpc) is 2.88. The Labute approximate surface area is 123 Å². The summed E-state index contributed by atoms with van der Waals surface area (Å²) in [5.41, 5.74) is 0.459. The monoisotopic (exact) mass is 304 g/mol. The van der Waals surface area contributed by atoms with Gasteiger partial charge in [0.25, 0.3) is 0 Å². The number of benzene rings is 1. The van der Waals surface area contributed by atoms with Crippen LogP contribution < -0.4 is 0 Å². The Kier molecular flexibility index (Phi) is 4.68. The second-order valence-corrected chi connectivity index (χ2v) is 6.32. The van der Waals surface area contributed by atoms with Gasteiger partial charge in [0.15, 0.2) is 0 Å². The molecule has 0 aromatic heterocycles. The van der Waals surface area contributed by atoms with Crippen molar-refractivity contribution in [1.82, 2.24) is 0 Å². The van der Waals surface area contributed by atoms with Crippen LogP contribution in [0.2, 0.25) is 0 Å². The second-order valence-electron chi connectivity index (χ2n) is 5.79. The van der Waals surface area contributed by atoms with Crippen molar-refractivity contribution in [2.24, 2.45) is 5.41 Å². The molecule has 1 aliphatic rings. The predicted octanol–water partition coefficient (Wildman–Crippen LogP) is 5.83. The minimum absolute atomic E-state index is 0.00624. The minimum Gasteiger partial charge on any atom is -0.166 e. The van der Waals surface area contributed by atoms with Crippen LogP contribution in [0.25, 0.3) is 0 Å². The molecule has 112 valence electrons. The van der Waals surface area contributed by atoms with Crippen molar-refractivity contribution < 1.29 is 13.2 Å². The third kappa shape index (κ3) is 3.30. The van der Waals surface area contributed by atoms with E-state index in [-0.39, 0.29) is 10.8 Å². The van der Waals surface area contributed by atoms with Crippen LogP contribution in [-0.2, 0) is 12.6 Å². The molecule has 0 nitrogen and oxygen atoms in total. The molecule has 1 saturated carbocycles. The normalized spacial score (nSPS) is 20.1. The molecule has 20 heavy (non-hydrogen) atoms. The molecule has 1 aromatic carbocycles. The van der Waals surface area contributed by atoms with Gasteiger partial charge in [-0.3, -0.25) is 0 Å². The van der Waals surface area contributed by atoms with E-state index in [9.17, 15) is 13.2 Å². The van der Waals surface area contributed by atoms with E-state index in [1.165, 1.54) is 12.8 Å². The van der Waals surface area contributed by atoms with Crippen LogP contribution in [0.5, 0.6) is 0 Å². The molecule has 1 atom stereocenters. The van der Waals surface area contributed by atoms with Crippen molar-refractivity contribution in [3.05, 3.63) is 35.4 Å². The van der Waals surface area contributed by atoms with Gasteiger partial charge < -0.3 is 0 Å². The van der Waals surface area contributed by atoms with Gasteiger partial charge in [-0.15, -0.1) is 11.6 Å². The summed E-state index contributed by atoms with van der Waals surface area (Å²) in [6.45, 7) is 2.16. The first-order valence-corrected chi connectivity index (χ1v) is 7.61. The van der Waals surface area contributed by atoms with Crippen molar-refractivity contribution in [2.75, 3.05) is 0 Å². The summed E-state index contributed by atoms with van der Waals surface area (Å²) in [4.78, 5) is 0. The highest BCUT2D eigenvalue weighted by Gasteiger charge is 2.38. The zero-order valence-corrected chi connectivity index (χ0v) is 12.4. The molecule has 0 amide bonds. The molecule has 4 heteroatoms. The van der Waals surface area contributed by atoms with Gasteiger partial charge in [-0.1, -0.05) is 31.9 Å². The van der Waals surface area contributed by atoms with Crippen molar-refractivity contribution in [2.45, 2.75) is 57.0 Å². The lowest BCUT2D eigenvalue weighted by molar-refractivity contribution is -0.137. The highest BCUT2D eigenvalue weighted by Crippen LogP contribution is 2.47. The lowest BCUT2D eigenvalue weighted by Gasteiger charge is -2.33. The van der Waals surface area contributed by atoms with E-state index < -0.39 is 11.7 Å². The number of alkyl halides is 4. The third-order valence-electron chi connectivity index (χ3n) is 4.66. The van der Waals surface area contributed by atoms with Crippen LogP contribution in [0.15, 0.2) is 24.3 Å². The Morgan fingerprint density at radius 1 is 1.15 bits per heavy atom. The Bertz CT molecular complexity index is 430.